The van der Waals surface area contributed by atoms with Crippen LogP contribution in [-0.2, 0) is 0 Å². The quantitative estimate of drug-likeness (QED) is 0.630. The number of hydrogen-bond acceptors (Lipinski definition) is 4. The average Bonchev–Trinajstić information content (AvgIpc) is 2.47. The maximum absolute atomic E-state index is 12.4. The molecule has 0 bridgehead atoms. The summed E-state index contributed by atoms with van der Waals surface area (Å²) in [5, 5.41) is 11.8. The van der Waals surface area contributed by atoms with Crippen molar-refractivity contribution in [3.8, 4) is 5.75 Å². The van der Waals surface area contributed by atoms with Crippen LogP contribution < -0.4 is 4.74 Å². The molecule has 0 fully saturated rings. The lowest BCUT2D eigenvalue weighted by Gasteiger charge is -2.27. The van der Waals surface area contributed by atoms with Gasteiger partial charge < -0.3 is 4.74 Å². The zero-order chi connectivity index (χ0) is 15.0. The van der Waals surface area contributed by atoms with Crippen LogP contribution in [-0.4, -0.2) is 16.7 Å². The third-order valence-electron chi connectivity index (χ3n) is 3.39. The predicted molar refractivity (Wildman–Crippen MR) is 76.4 cm³/mol. The van der Waals surface area contributed by atoms with Crippen LogP contribution in [0.15, 0.2) is 48.5 Å². The van der Waals surface area contributed by atoms with E-state index in [1.54, 1.807) is 42.5 Å². The second-order valence-corrected chi connectivity index (χ2v) is 5.12. The standard InChI is InChI=1S/C15H10ClNO4/c16-10-7-5-9(6-8-10)15-13(17(19)20)14(18)11-3-1-2-4-12(11)21-15/h1-8,13,15H. The van der Waals surface area contributed by atoms with E-state index in [-0.39, 0.29) is 5.56 Å². The average molecular weight is 304 g/mol. The molecule has 21 heavy (non-hydrogen) atoms. The van der Waals surface area contributed by atoms with E-state index in [0.29, 0.717) is 16.3 Å². The monoisotopic (exact) mass is 303 g/mol. The van der Waals surface area contributed by atoms with Gasteiger partial charge in [0.05, 0.1) is 5.56 Å². The van der Waals surface area contributed by atoms with Crippen LogP contribution >= 0.6 is 11.6 Å². The van der Waals surface area contributed by atoms with Crippen LogP contribution in [0.1, 0.15) is 22.0 Å². The number of nitro groups is 1. The minimum absolute atomic E-state index is 0.240. The maximum atomic E-state index is 12.4. The fourth-order valence-corrected chi connectivity index (χ4v) is 2.51. The molecule has 5 nitrogen and oxygen atoms in total. The van der Waals surface area contributed by atoms with Gasteiger partial charge in [-0.3, -0.25) is 14.9 Å². The highest BCUT2D eigenvalue weighted by molar-refractivity contribution is 6.30. The Balaban J connectivity index is 2.09. The highest BCUT2D eigenvalue weighted by Crippen LogP contribution is 2.36. The third kappa shape index (κ3) is 2.36. The number of fused-ring (bicyclic) bond motifs is 1. The van der Waals surface area contributed by atoms with E-state index in [4.69, 9.17) is 16.3 Å². The minimum atomic E-state index is -1.46. The number of ketones is 1. The molecular weight excluding hydrogens is 294 g/mol. The van der Waals surface area contributed by atoms with Gasteiger partial charge in [-0.1, -0.05) is 35.9 Å². The molecule has 0 radical (unpaired) electrons. The summed E-state index contributed by atoms with van der Waals surface area (Å²) in [6, 6.07) is 11.6. The van der Waals surface area contributed by atoms with Crippen LogP contribution in [0.2, 0.25) is 5.02 Å². The Labute approximate surface area is 125 Å². The number of halogens is 1. The Bertz CT molecular complexity index is 714. The largest absolute Gasteiger partial charge is 0.477 e. The number of para-hydroxylation sites is 1. The summed E-state index contributed by atoms with van der Waals surface area (Å²) in [5.41, 5.74) is 0.786. The van der Waals surface area contributed by atoms with E-state index in [1.807, 2.05) is 0 Å². The van der Waals surface area contributed by atoms with Gasteiger partial charge in [0.15, 0.2) is 6.10 Å². The van der Waals surface area contributed by atoms with Gasteiger partial charge in [0.1, 0.15) is 5.75 Å². The second kappa shape index (κ2) is 5.18. The predicted octanol–water partition coefficient (Wildman–Crippen LogP) is 3.30. The first-order valence-corrected chi connectivity index (χ1v) is 6.64. The molecule has 0 aromatic heterocycles. The van der Waals surface area contributed by atoms with Crippen molar-refractivity contribution in [3.05, 3.63) is 74.8 Å². The molecule has 1 aliphatic heterocycles. The van der Waals surface area contributed by atoms with E-state index in [1.165, 1.54) is 6.07 Å². The highest BCUT2D eigenvalue weighted by atomic mass is 35.5. The Kier molecular flexibility index (Phi) is 3.35. The van der Waals surface area contributed by atoms with E-state index in [2.05, 4.69) is 0 Å². The van der Waals surface area contributed by atoms with E-state index < -0.39 is 22.9 Å². The van der Waals surface area contributed by atoms with Crippen LogP contribution in [0.5, 0.6) is 5.75 Å². The molecule has 0 N–H and O–H groups in total. The van der Waals surface area contributed by atoms with Crippen molar-refractivity contribution in [3.63, 3.8) is 0 Å². The third-order valence-corrected chi connectivity index (χ3v) is 3.64. The molecule has 0 amide bonds. The number of nitrogens with zero attached hydrogens (tertiary/aromatic N) is 1. The van der Waals surface area contributed by atoms with Crippen LogP contribution in [0.4, 0.5) is 0 Å². The van der Waals surface area contributed by atoms with Gasteiger partial charge in [-0.2, -0.15) is 0 Å². The lowest BCUT2D eigenvalue weighted by molar-refractivity contribution is -0.517. The molecule has 6 heteroatoms. The first-order chi connectivity index (χ1) is 10.1. The van der Waals surface area contributed by atoms with Crippen molar-refractivity contribution >= 4 is 17.4 Å². The second-order valence-electron chi connectivity index (χ2n) is 4.68. The summed E-state index contributed by atoms with van der Waals surface area (Å²) < 4.78 is 5.70. The number of hydrogen-bond donors (Lipinski definition) is 0. The lowest BCUT2D eigenvalue weighted by Crippen LogP contribution is -2.41. The summed E-state index contributed by atoms with van der Waals surface area (Å²) >= 11 is 5.82. The number of carbonyl (C=O) groups is 1. The van der Waals surface area contributed by atoms with Crippen molar-refractivity contribution in [2.24, 2.45) is 0 Å². The molecular formula is C15H10ClNO4. The molecule has 0 aliphatic carbocycles. The zero-order valence-corrected chi connectivity index (χ0v) is 11.5. The molecule has 2 aromatic rings. The van der Waals surface area contributed by atoms with Gasteiger partial charge in [0, 0.05) is 9.95 Å². The summed E-state index contributed by atoms with van der Waals surface area (Å²) in [6.07, 6.45) is -0.959. The number of ether oxygens (including phenoxy) is 1. The van der Waals surface area contributed by atoms with Crippen molar-refractivity contribution in [2.75, 3.05) is 0 Å². The number of carbonyl (C=O) groups excluding carboxylic acids is 1. The number of Topliss-reactive ketones (excluding diaryl/α,β-unsaturated/α-hetero) is 1. The first kappa shape index (κ1) is 13.6. The molecule has 0 spiro atoms. The maximum Gasteiger partial charge on any atom is 0.315 e. The van der Waals surface area contributed by atoms with Crippen LogP contribution in [0.25, 0.3) is 0 Å². The SMILES string of the molecule is O=C1c2ccccc2OC(c2ccc(Cl)cc2)C1[N+](=O)[O-]. The number of rotatable bonds is 2. The summed E-state index contributed by atoms with van der Waals surface area (Å²) in [5.74, 6) is -0.178. The summed E-state index contributed by atoms with van der Waals surface area (Å²) in [7, 11) is 0. The van der Waals surface area contributed by atoms with Crippen molar-refractivity contribution < 1.29 is 14.5 Å². The summed E-state index contributed by atoms with van der Waals surface area (Å²) in [4.78, 5) is 23.1. The van der Waals surface area contributed by atoms with E-state index in [9.17, 15) is 14.9 Å². The van der Waals surface area contributed by atoms with Gasteiger partial charge in [0.2, 0.25) is 5.78 Å². The molecule has 0 saturated carbocycles. The fourth-order valence-electron chi connectivity index (χ4n) is 2.38. The van der Waals surface area contributed by atoms with Crippen LogP contribution in [0, 0.1) is 10.1 Å². The molecule has 2 atom stereocenters. The van der Waals surface area contributed by atoms with Gasteiger partial charge >= 0.3 is 6.04 Å². The van der Waals surface area contributed by atoms with Gasteiger partial charge in [0.25, 0.3) is 0 Å². The van der Waals surface area contributed by atoms with Gasteiger partial charge in [-0.15, -0.1) is 0 Å². The van der Waals surface area contributed by atoms with Crippen LogP contribution in [0.3, 0.4) is 0 Å². The van der Waals surface area contributed by atoms with Crippen molar-refractivity contribution in [2.45, 2.75) is 12.1 Å². The lowest BCUT2D eigenvalue weighted by atomic mass is 9.92. The fraction of sp³-hybridized carbons (Fsp3) is 0.133. The van der Waals surface area contributed by atoms with Crippen molar-refractivity contribution in [1.29, 1.82) is 0 Å². The highest BCUT2D eigenvalue weighted by Gasteiger charge is 2.46. The molecule has 1 aliphatic rings. The van der Waals surface area contributed by atoms with E-state index in [0.717, 1.165) is 0 Å². The zero-order valence-electron chi connectivity index (χ0n) is 10.7. The minimum Gasteiger partial charge on any atom is -0.477 e. The van der Waals surface area contributed by atoms with Gasteiger partial charge in [-0.25, -0.2) is 0 Å². The number of benzene rings is 2. The Morgan fingerprint density at radius 2 is 1.76 bits per heavy atom. The smallest absolute Gasteiger partial charge is 0.315 e. The molecule has 0 saturated heterocycles. The Hall–Kier alpha value is -2.40. The molecule has 2 aromatic carbocycles. The Morgan fingerprint density at radius 3 is 2.43 bits per heavy atom. The first-order valence-electron chi connectivity index (χ1n) is 6.27. The van der Waals surface area contributed by atoms with Crippen molar-refractivity contribution in [1.82, 2.24) is 0 Å². The normalized spacial score (nSPS) is 20.5. The van der Waals surface area contributed by atoms with Gasteiger partial charge in [-0.05, 0) is 29.8 Å². The van der Waals surface area contributed by atoms with E-state index >= 15 is 0 Å². The molecule has 3 rings (SSSR count). The topological polar surface area (TPSA) is 69.4 Å². The summed E-state index contributed by atoms with van der Waals surface area (Å²) in [6.45, 7) is 0. The molecule has 1 heterocycles. The molecule has 2 unspecified atom stereocenters. The Morgan fingerprint density at radius 1 is 1.10 bits per heavy atom. The molecule has 106 valence electrons.